The van der Waals surface area contributed by atoms with E-state index in [1.165, 1.54) is 0 Å². The molecular formula is C17H14N4. The average molecular weight is 274 g/mol. The van der Waals surface area contributed by atoms with Gasteiger partial charge in [-0.2, -0.15) is 10.4 Å². The summed E-state index contributed by atoms with van der Waals surface area (Å²) in [5.41, 5.74) is 4.76. The second-order valence-corrected chi connectivity index (χ2v) is 4.67. The minimum atomic E-state index is 0.621. The Morgan fingerprint density at radius 3 is 2.81 bits per heavy atom. The van der Waals surface area contributed by atoms with Crippen LogP contribution < -0.4 is 5.32 Å². The van der Waals surface area contributed by atoms with Gasteiger partial charge in [0.05, 0.1) is 17.3 Å². The molecule has 102 valence electrons. The van der Waals surface area contributed by atoms with Crippen LogP contribution in [0.1, 0.15) is 11.1 Å². The van der Waals surface area contributed by atoms with Crippen LogP contribution in [0, 0.1) is 11.3 Å². The summed E-state index contributed by atoms with van der Waals surface area (Å²) < 4.78 is 0. The zero-order valence-electron chi connectivity index (χ0n) is 11.4. The number of nitrogens with one attached hydrogen (secondary N) is 2. The molecule has 0 bridgehead atoms. The highest BCUT2D eigenvalue weighted by Gasteiger charge is 2.02. The van der Waals surface area contributed by atoms with Gasteiger partial charge in [-0.25, -0.2) is 0 Å². The molecule has 21 heavy (non-hydrogen) atoms. The van der Waals surface area contributed by atoms with Gasteiger partial charge in [0.1, 0.15) is 0 Å². The van der Waals surface area contributed by atoms with Crippen molar-refractivity contribution in [1.29, 1.82) is 5.26 Å². The maximum Gasteiger partial charge on any atom is 0.0995 e. The van der Waals surface area contributed by atoms with E-state index in [0.29, 0.717) is 12.1 Å². The number of rotatable bonds is 4. The highest BCUT2D eigenvalue weighted by Crippen LogP contribution is 2.21. The van der Waals surface area contributed by atoms with Gasteiger partial charge in [0.15, 0.2) is 0 Å². The number of aromatic amines is 1. The van der Waals surface area contributed by atoms with Crippen molar-refractivity contribution in [2.45, 2.75) is 6.54 Å². The van der Waals surface area contributed by atoms with Crippen LogP contribution in [0.2, 0.25) is 0 Å². The highest BCUT2D eigenvalue weighted by molar-refractivity contribution is 5.64. The van der Waals surface area contributed by atoms with Gasteiger partial charge in [-0.05, 0) is 29.8 Å². The minimum Gasteiger partial charge on any atom is -0.381 e. The van der Waals surface area contributed by atoms with Crippen molar-refractivity contribution >= 4 is 5.69 Å². The first-order valence-electron chi connectivity index (χ1n) is 6.68. The van der Waals surface area contributed by atoms with Crippen LogP contribution >= 0.6 is 0 Å². The third kappa shape index (κ3) is 2.93. The van der Waals surface area contributed by atoms with Crippen molar-refractivity contribution in [3.05, 3.63) is 71.9 Å². The molecule has 3 rings (SSSR count). The number of nitrogens with zero attached hydrogens (tertiary/aromatic N) is 2. The maximum atomic E-state index is 9.10. The van der Waals surface area contributed by atoms with Gasteiger partial charge in [0.25, 0.3) is 0 Å². The van der Waals surface area contributed by atoms with Crippen molar-refractivity contribution in [1.82, 2.24) is 10.2 Å². The third-order valence-corrected chi connectivity index (χ3v) is 3.30. The first-order valence-corrected chi connectivity index (χ1v) is 6.68. The fraction of sp³-hybridized carbons (Fsp3) is 0.0588. The van der Waals surface area contributed by atoms with Gasteiger partial charge in [0, 0.05) is 24.0 Å². The Kier molecular flexibility index (Phi) is 3.66. The van der Waals surface area contributed by atoms with Crippen molar-refractivity contribution in [2.24, 2.45) is 0 Å². The number of anilines is 1. The predicted octanol–water partition coefficient (Wildman–Crippen LogP) is 3.56. The summed E-state index contributed by atoms with van der Waals surface area (Å²) >= 11 is 0. The summed E-state index contributed by atoms with van der Waals surface area (Å²) in [6.07, 6.45) is 1.73. The molecule has 0 amide bonds. The Hall–Kier alpha value is -3.06. The topological polar surface area (TPSA) is 64.5 Å². The second kappa shape index (κ2) is 5.93. The molecule has 0 unspecified atom stereocenters. The van der Waals surface area contributed by atoms with E-state index in [9.17, 15) is 0 Å². The molecule has 1 aromatic heterocycles. The van der Waals surface area contributed by atoms with Crippen LogP contribution in [0.4, 0.5) is 5.69 Å². The number of H-pyrrole nitrogens is 1. The SMILES string of the molecule is N#Cc1ccccc1CNc1cccc(-c2ccn[nH]2)c1. The molecule has 2 aromatic carbocycles. The number of nitriles is 1. The van der Waals surface area contributed by atoms with Crippen molar-refractivity contribution < 1.29 is 0 Å². The fourth-order valence-electron chi connectivity index (χ4n) is 2.19. The summed E-state index contributed by atoms with van der Waals surface area (Å²) in [7, 11) is 0. The standard InChI is InChI=1S/C17H14N4/c18-11-14-4-1-2-5-15(14)12-19-16-7-3-6-13(10-16)17-8-9-20-21-17/h1-10,19H,12H2,(H,20,21). The van der Waals surface area contributed by atoms with Gasteiger partial charge in [-0.3, -0.25) is 5.10 Å². The lowest BCUT2D eigenvalue weighted by molar-refractivity contribution is 1.09. The zero-order valence-corrected chi connectivity index (χ0v) is 11.4. The quantitative estimate of drug-likeness (QED) is 0.764. The van der Waals surface area contributed by atoms with E-state index < -0.39 is 0 Å². The Morgan fingerprint density at radius 2 is 2.00 bits per heavy atom. The first-order chi connectivity index (χ1) is 10.4. The van der Waals surface area contributed by atoms with Crippen LogP contribution in [0.25, 0.3) is 11.3 Å². The molecule has 4 heteroatoms. The lowest BCUT2D eigenvalue weighted by atomic mass is 10.1. The third-order valence-electron chi connectivity index (χ3n) is 3.30. The molecule has 0 saturated carbocycles. The fourth-order valence-corrected chi connectivity index (χ4v) is 2.19. The number of aromatic nitrogens is 2. The van der Waals surface area contributed by atoms with Crippen molar-refractivity contribution in [3.8, 4) is 17.3 Å². The van der Waals surface area contributed by atoms with E-state index in [4.69, 9.17) is 5.26 Å². The van der Waals surface area contributed by atoms with Gasteiger partial charge in [-0.1, -0.05) is 30.3 Å². The molecule has 1 heterocycles. The molecule has 4 nitrogen and oxygen atoms in total. The Labute approximate surface area is 123 Å². The van der Waals surface area contributed by atoms with Gasteiger partial charge in [0.2, 0.25) is 0 Å². The smallest absolute Gasteiger partial charge is 0.0995 e. The Bertz CT molecular complexity index is 769. The molecule has 3 aromatic rings. The molecule has 0 radical (unpaired) electrons. The van der Waals surface area contributed by atoms with E-state index >= 15 is 0 Å². The molecular weight excluding hydrogens is 260 g/mol. The Morgan fingerprint density at radius 1 is 1.10 bits per heavy atom. The van der Waals surface area contributed by atoms with E-state index in [-0.39, 0.29) is 0 Å². The van der Waals surface area contributed by atoms with E-state index in [0.717, 1.165) is 22.5 Å². The van der Waals surface area contributed by atoms with Crippen LogP contribution in [0.5, 0.6) is 0 Å². The van der Waals surface area contributed by atoms with Crippen LogP contribution in [-0.2, 0) is 6.54 Å². The molecule has 0 saturated heterocycles. The summed E-state index contributed by atoms with van der Waals surface area (Å²) in [4.78, 5) is 0. The van der Waals surface area contributed by atoms with Gasteiger partial charge in [-0.15, -0.1) is 0 Å². The van der Waals surface area contributed by atoms with Crippen LogP contribution in [0.3, 0.4) is 0 Å². The second-order valence-electron chi connectivity index (χ2n) is 4.67. The predicted molar refractivity (Wildman–Crippen MR) is 82.5 cm³/mol. The number of hydrogen-bond acceptors (Lipinski definition) is 3. The van der Waals surface area contributed by atoms with Crippen LogP contribution in [-0.4, -0.2) is 10.2 Å². The van der Waals surface area contributed by atoms with E-state index in [2.05, 4.69) is 27.6 Å². The number of hydrogen-bond donors (Lipinski definition) is 2. The van der Waals surface area contributed by atoms with Crippen molar-refractivity contribution in [2.75, 3.05) is 5.32 Å². The monoisotopic (exact) mass is 274 g/mol. The van der Waals surface area contributed by atoms with Crippen LogP contribution in [0.15, 0.2) is 60.8 Å². The molecule has 0 aliphatic rings. The molecule has 0 atom stereocenters. The number of benzene rings is 2. The molecule has 0 aliphatic heterocycles. The summed E-state index contributed by atoms with van der Waals surface area (Å²) in [5.74, 6) is 0. The Balaban J connectivity index is 1.77. The normalized spacial score (nSPS) is 10.0. The maximum absolute atomic E-state index is 9.10. The molecule has 0 aliphatic carbocycles. The summed E-state index contributed by atoms with van der Waals surface area (Å²) in [6, 6.07) is 19.9. The van der Waals surface area contributed by atoms with E-state index in [1.807, 2.05) is 48.5 Å². The molecule has 0 fully saturated rings. The minimum absolute atomic E-state index is 0.621. The summed E-state index contributed by atoms with van der Waals surface area (Å²) in [5, 5.41) is 19.4. The molecule has 2 N–H and O–H groups in total. The van der Waals surface area contributed by atoms with Crippen molar-refractivity contribution in [3.63, 3.8) is 0 Å². The molecule has 0 spiro atoms. The lowest BCUT2D eigenvalue weighted by Gasteiger charge is -2.09. The zero-order chi connectivity index (χ0) is 14.5. The van der Waals surface area contributed by atoms with Gasteiger partial charge >= 0.3 is 0 Å². The summed E-state index contributed by atoms with van der Waals surface area (Å²) in [6.45, 7) is 0.621. The highest BCUT2D eigenvalue weighted by atomic mass is 15.1. The first kappa shape index (κ1) is 12.9. The van der Waals surface area contributed by atoms with Gasteiger partial charge < -0.3 is 5.32 Å². The average Bonchev–Trinajstić information content (AvgIpc) is 3.08. The van der Waals surface area contributed by atoms with E-state index in [1.54, 1.807) is 6.20 Å². The largest absolute Gasteiger partial charge is 0.381 e. The lowest BCUT2D eigenvalue weighted by Crippen LogP contribution is -2.01.